The monoisotopic (exact) mass is 238 g/mol. The molecule has 1 amide bonds. The molecule has 0 aromatic heterocycles. The van der Waals surface area contributed by atoms with Crippen molar-refractivity contribution in [1.29, 1.82) is 0 Å². The van der Waals surface area contributed by atoms with E-state index in [1.807, 2.05) is 6.92 Å². The quantitative estimate of drug-likeness (QED) is 0.784. The number of nitrogens with one attached hydrogen (secondary N) is 2. The first-order chi connectivity index (χ1) is 7.37. The minimum absolute atomic E-state index is 0.0981. The fraction of sp³-hybridized carbons (Fsp3) is 0.900. The lowest BCUT2D eigenvalue weighted by Crippen LogP contribution is -2.47. The Morgan fingerprint density at radius 2 is 2.12 bits per heavy atom. The van der Waals surface area contributed by atoms with Crippen molar-refractivity contribution in [1.82, 2.24) is 10.6 Å². The number of carbonyl (C=O) groups is 1. The van der Waals surface area contributed by atoms with Crippen molar-refractivity contribution < 1.29 is 18.0 Å². The number of hydrogen-bond acceptors (Lipinski definition) is 2. The minimum Gasteiger partial charge on any atom is -0.354 e. The number of halogens is 3. The zero-order valence-corrected chi connectivity index (χ0v) is 9.23. The van der Waals surface area contributed by atoms with E-state index < -0.39 is 18.5 Å². The molecule has 6 heteroatoms. The second-order valence-electron chi connectivity index (χ2n) is 4.29. The highest BCUT2D eigenvalue weighted by Crippen LogP contribution is 2.19. The average Bonchev–Trinajstić information content (AvgIpc) is 2.12. The predicted molar refractivity (Wildman–Crippen MR) is 53.9 cm³/mol. The van der Waals surface area contributed by atoms with E-state index in [0.717, 1.165) is 19.3 Å². The Bertz CT molecular complexity index is 243. The standard InChI is InChI=1S/C10H17F3N2O/c1-7-3-2-4-8(15-7)6-14-9(16)5-10(11,12)13/h7-8,15H,2-6H2,1H3,(H,14,16). The van der Waals surface area contributed by atoms with E-state index in [0.29, 0.717) is 6.04 Å². The molecule has 2 N–H and O–H groups in total. The van der Waals surface area contributed by atoms with Gasteiger partial charge in [0.1, 0.15) is 6.42 Å². The smallest absolute Gasteiger partial charge is 0.354 e. The topological polar surface area (TPSA) is 41.1 Å². The molecule has 0 aromatic rings. The van der Waals surface area contributed by atoms with Crippen LogP contribution in [0.4, 0.5) is 13.2 Å². The van der Waals surface area contributed by atoms with Crippen LogP contribution in [0.15, 0.2) is 0 Å². The molecule has 1 aliphatic heterocycles. The molecule has 1 fully saturated rings. The van der Waals surface area contributed by atoms with Gasteiger partial charge in [-0.25, -0.2) is 0 Å². The summed E-state index contributed by atoms with van der Waals surface area (Å²) >= 11 is 0. The molecular weight excluding hydrogens is 221 g/mol. The third-order valence-electron chi connectivity index (χ3n) is 2.62. The maximum Gasteiger partial charge on any atom is 0.397 e. The van der Waals surface area contributed by atoms with E-state index in [1.54, 1.807) is 0 Å². The van der Waals surface area contributed by atoms with Gasteiger partial charge in [0.05, 0.1) is 0 Å². The Morgan fingerprint density at radius 1 is 1.44 bits per heavy atom. The number of carbonyl (C=O) groups excluding carboxylic acids is 1. The first-order valence-electron chi connectivity index (χ1n) is 5.46. The molecule has 0 saturated carbocycles. The van der Waals surface area contributed by atoms with Gasteiger partial charge >= 0.3 is 6.18 Å². The van der Waals surface area contributed by atoms with Gasteiger partial charge in [-0.2, -0.15) is 13.2 Å². The molecule has 3 nitrogen and oxygen atoms in total. The molecule has 1 rings (SSSR count). The summed E-state index contributed by atoms with van der Waals surface area (Å²) in [5.41, 5.74) is 0. The van der Waals surface area contributed by atoms with Crippen LogP contribution < -0.4 is 10.6 Å². The van der Waals surface area contributed by atoms with Crippen molar-refractivity contribution >= 4 is 5.91 Å². The summed E-state index contributed by atoms with van der Waals surface area (Å²) in [7, 11) is 0. The number of piperidine rings is 1. The van der Waals surface area contributed by atoms with E-state index in [-0.39, 0.29) is 12.6 Å². The van der Waals surface area contributed by atoms with Crippen LogP contribution in [0.5, 0.6) is 0 Å². The first-order valence-corrected chi connectivity index (χ1v) is 5.46. The Balaban J connectivity index is 2.21. The van der Waals surface area contributed by atoms with Gasteiger partial charge in [0.25, 0.3) is 0 Å². The Labute approximate surface area is 92.8 Å². The Hall–Kier alpha value is -0.780. The third-order valence-corrected chi connectivity index (χ3v) is 2.62. The number of hydrogen-bond donors (Lipinski definition) is 2. The second kappa shape index (κ2) is 5.52. The maximum absolute atomic E-state index is 11.9. The fourth-order valence-corrected chi connectivity index (χ4v) is 1.88. The molecule has 0 aromatic carbocycles. The summed E-state index contributed by atoms with van der Waals surface area (Å²) in [4.78, 5) is 10.9. The molecule has 0 spiro atoms. The average molecular weight is 238 g/mol. The van der Waals surface area contributed by atoms with Crippen LogP contribution in [0.25, 0.3) is 0 Å². The molecule has 1 heterocycles. The van der Waals surface area contributed by atoms with Crippen LogP contribution in [0.1, 0.15) is 32.6 Å². The number of rotatable bonds is 3. The highest BCUT2D eigenvalue weighted by molar-refractivity contribution is 5.76. The van der Waals surface area contributed by atoms with Crippen molar-refractivity contribution in [2.75, 3.05) is 6.54 Å². The van der Waals surface area contributed by atoms with Crippen LogP contribution in [-0.2, 0) is 4.79 Å². The first kappa shape index (κ1) is 13.3. The summed E-state index contributed by atoms with van der Waals surface area (Å²) in [6.07, 6.45) is -2.79. The summed E-state index contributed by atoms with van der Waals surface area (Å²) in [5, 5.41) is 5.55. The van der Waals surface area contributed by atoms with Gasteiger partial charge in [-0.1, -0.05) is 6.42 Å². The van der Waals surface area contributed by atoms with Crippen LogP contribution in [0.2, 0.25) is 0 Å². The molecule has 1 saturated heterocycles. The molecule has 2 unspecified atom stereocenters. The molecule has 2 atom stereocenters. The van der Waals surface area contributed by atoms with E-state index in [1.165, 1.54) is 0 Å². The van der Waals surface area contributed by atoms with Gasteiger partial charge in [0.2, 0.25) is 5.91 Å². The summed E-state index contributed by atoms with van der Waals surface area (Å²) in [6, 6.07) is 0.471. The fourth-order valence-electron chi connectivity index (χ4n) is 1.88. The van der Waals surface area contributed by atoms with Crippen LogP contribution in [0.3, 0.4) is 0 Å². The van der Waals surface area contributed by atoms with Gasteiger partial charge in [-0.3, -0.25) is 4.79 Å². The van der Waals surface area contributed by atoms with Crippen molar-refractivity contribution in [2.45, 2.75) is 50.9 Å². The molecule has 1 aliphatic rings. The largest absolute Gasteiger partial charge is 0.397 e. The lowest BCUT2D eigenvalue weighted by Gasteiger charge is -2.28. The highest BCUT2D eigenvalue weighted by atomic mass is 19.4. The van der Waals surface area contributed by atoms with E-state index in [2.05, 4.69) is 10.6 Å². The van der Waals surface area contributed by atoms with Crippen LogP contribution in [-0.4, -0.2) is 30.7 Å². The number of amides is 1. The molecule has 16 heavy (non-hydrogen) atoms. The van der Waals surface area contributed by atoms with E-state index in [4.69, 9.17) is 0 Å². The van der Waals surface area contributed by atoms with Gasteiger partial charge in [-0.15, -0.1) is 0 Å². The zero-order valence-electron chi connectivity index (χ0n) is 9.23. The highest BCUT2D eigenvalue weighted by Gasteiger charge is 2.31. The molecular formula is C10H17F3N2O. The van der Waals surface area contributed by atoms with Crippen LogP contribution >= 0.6 is 0 Å². The van der Waals surface area contributed by atoms with Gasteiger partial charge in [0.15, 0.2) is 0 Å². The van der Waals surface area contributed by atoms with Crippen molar-refractivity contribution in [2.24, 2.45) is 0 Å². The molecule has 94 valence electrons. The Morgan fingerprint density at radius 3 is 2.69 bits per heavy atom. The number of alkyl halides is 3. The predicted octanol–water partition coefficient (Wildman–Crippen LogP) is 1.59. The van der Waals surface area contributed by atoms with E-state index >= 15 is 0 Å². The normalized spacial score (nSPS) is 26.5. The third kappa shape index (κ3) is 5.34. The zero-order chi connectivity index (χ0) is 12.2. The summed E-state index contributed by atoms with van der Waals surface area (Å²) in [6.45, 7) is 2.31. The molecule has 0 bridgehead atoms. The lowest BCUT2D eigenvalue weighted by atomic mass is 10.00. The van der Waals surface area contributed by atoms with E-state index in [9.17, 15) is 18.0 Å². The van der Waals surface area contributed by atoms with Crippen LogP contribution in [0, 0.1) is 0 Å². The van der Waals surface area contributed by atoms with Gasteiger partial charge in [-0.05, 0) is 19.8 Å². The van der Waals surface area contributed by atoms with Crippen molar-refractivity contribution in [3.63, 3.8) is 0 Å². The van der Waals surface area contributed by atoms with Crippen molar-refractivity contribution in [3.05, 3.63) is 0 Å². The van der Waals surface area contributed by atoms with Crippen molar-refractivity contribution in [3.8, 4) is 0 Å². The lowest BCUT2D eigenvalue weighted by molar-refractivity contribution is -0.153. The maximum atomic E-state index is 11.9. The Kier molecular flexibility index (Phi) is 4.58. The van der Waals surface area contributed by atoms with Gasteiger partial charge < -0.3 is 10.6 Å². The SMILES string of the molecule is CC1CCCC(CNC(=O)CC(F)(F)F)N1. The minimum atomic E-state index is -4.42. The summed E-state index contributed by atoms with van der Waals surface area (Å²) in [5.74, 6) is -0.951. The summed E-state index contributed by atoms with van der Waals surface area (Å²) < 4.78 is 35.6. The van der Waals surface area contributed by atoms with Gasteiger partial charge in [0, 0.05) is 18.6 Å². The molecule has 0 aliphatic carbocycles. The second-order valence-corrected chi connectivity index (χ2v) is 4.29. The molecule has 0 radical (unpaired) electrons.